The van der Waals surface area contributed by atoms with E-state index in [0.29, 0.717) is 12.0 Å². The standard InChI is InChI=1S/C18H23N3O3/c1-5-18(17(23)24-4,14-9-7-6-8-10-14)19-16(22)15-11-12-21(20-15)13(2)3/h6-13H,5H2,1-4H3,(H,19,22). The summed E-state index contributed by atoms with van der Waals surface area (Å²) in [5.41, 5.74) is -0.299. The number of hydrogen-bond acceptors (Lipinski definition) is 4. The van der Waals surface area contributed by atoms with Crippen molar-refractivity contribution in [3.63, 3.8) is 0 Å². The molecule has 128 valence electrons. The van der Waals surface area contributed by atoms with E-state index in [1.165, 1.54) is 7.11 Å². The largest absolute Gasteiger partial charge is 0.467 e. The molecule has 1 amide bonds. The van der Waals surface area contributed by atoms with Crippen molar-refractivity contribution in [2.45, 2.75) is 38.8 Å². The number of amides is 1. The third-order valence-electron chi connectivity index (χ3n) is 4.03. The highest BCUT2D eigenvalue weighted by molar-refractivity contribution is 5.97. The molecule has 0 radical (unpaired) electrons. The van der Waals surface area contributed by atoms with E-state index < -0.39 is 17.4 Å². The van der Waals surface area contributed by atoms with Crippen LogP contribution in [0.2, 0.25) is 0 Å². The number of ether oxygens (including phenoxy) is 1. The zero-order valence-corrected chi connectivity index (χ0v) is 14.4. The van der Waals surface area contributed by atoms with E-state index in [1.54, 1.807) is 29.1 Å². The summed E-state index contributed by atoms with van der Waals surface area (Å²) in [6.07, 6.45) is 2.11. The van der Waals surface area contributed by atoms with Gasteiger partial charge in [0.1, 0.15) is 5.69 Å². The first-order valence-electron chi connectivity index (χ1n) is 7.96. The molecule has 24 heavy (non-hydrogen) atoms. The monoisotopic (exact) mass is 329 g/mol. The van der Waals surface area contributed by atoms with E-state index in [9.17, 15) is 9.59 Å². The van der Waals surface area contributed by atoms with Gasteiger partial charge in [-0.25, -0.2) is 4.79 Å². The Morgan fingerprint density at radius 2 is 1.92 bits per heavy atom. The molecule has 1 atom stereocenters. The molecule has 1 unspecified atom stereocenters. The molecule has 0 bridgehead atoms. The highest BCUT2D eigenvalue weighted by Crippen LogP contribution is 2.27. The molecule has 6 heteroatoms. The van der Waals surface area contributed by atoms with Crippen LogP contribution >= 0.6 is 0 Å². The zero-order chi connectivity index (χ0) is 17.7. The fourth-order valence-electron chi connectivity index (χ4n) is 2.58. The van der Waals surface area contributed by atoms with Gasteiger partial charge in [-0.1, -0.05) is 37.3 Å². The molecule has 1 aromatic carbocycles. The molecule has 2 rings (SSSR count). The van der Waals surface area contributed by atoms with E-state index >= 15 is 0 Å². The summed E-state index contributed by atoms with van der Waals surface area (Å²) in [6, 6.07) is 10.9. The van der Waals surface area contributed by atoms with Crippen LogP contribution in [0, 0.1) is 0 Å². The van der Waals surface area contributed by atoms with Gasteiger partial charge in [-0.15, -0.1) is 0 Å². The number of rotatable bonds is 6. The topological polar surface area (TPSA) is 73.2 Å². The zero-order valence-electron chi connectivity index (χ0n) is 14.4. The average Bonchev–Trinajstić information content (AvgIpc) is 3.10. The van der Waals surface area contributed by atoms with Crippen molar-refractivity contribution in [1.29, 1.82) is 0 Å². The van der Waals surface area contributed by atoms with Crippen LogP contribution in [0.25, 0.3) is 0 Å². The molecule has 0 aliphatic heterocycles. The minimum absolute atomic E-state index is 0.150. The average molecular weight is 329 g/mol. The summed E-state index contributed by atoms with van der Waals surface area (Å²) in [5.74, 6) is -0.918. The number of carbonyl (C=O) groups excluding carboxylic acids is 2. The van der Waals surface area contributed by atoms with Gasteiger partial charge in [0, 0.05) is 12.2 Å². The van der Waals surface area contributed by atoms with Crippen molar-refractivity contribution in [2.24, 2.45) is 0 Å². The van der Waals surface area contributed by atoms with E-state index in [0.717, 1.165) is 0 Å². The van der Waals surface area contributed by atoms with Crippen molar-refractivity contribution >= 4 is 11.9 Å². The second-order valence-corrected chi connectivity index (χ2v) is 5.85. The number of nitrogens with zero attached hydrogens (tertiary/aromatic N) is 2. The number of methoxy groups -OCH3 is 1. The first-order chi connectivity index (χ1) is 11.4. The van der Waals surface area contributed by atoms with Crippen LogP contribution in [0.3, 0.4) is 0 Å². The van der Waals surface area contributed by atoms with Crippen LogP contribution in [0.5, 0.6) is 0 Å². The lowest BCUT2D eigenvalue weighted by atomic mass is 9.87. The van der Waals surface area contributed by atoms with Crippen LogP contribution in [0.1, 0.15) is 49.3 Å². The predicted molar refractivity (Wildman–Crippen MR) is 90.5 cm³/mol. The lowest BCUT2D eigenvalue weighted by molar-refractivity contribution is -0.149. The lowest BCUT2D eigenvalue weighted by Crippen LogP contribution is -2.52. The second kappa shape index (κ2) is 7.29. The molecule has 1 N–H and O–H groups in total. The van der Waals surface area contributed by atoms with Gasteiger partial charge in [-0.3, -0.25) is 9.48 Å². The van der Waals surface area contributed by atoms with Crippen molar-refractivity contribution in [3.05, 3.63) is 53.9 Å². The Hall–Kier alpha value is -2.63. The van der Waals surface area contributed by atoms with Gasteiger partial charge >= 0.3 is 5.97 Å². The smallest absolute Gasteiger partial charge is 0.336 e. The molecule has 0 fully saturated rings. The van der Waals surface area contributed by atoms with Gasteiger partial charge < -0.3 is 10.1 Å². The van der Waals surface area contributed by atoms with Crippen LogP contribution < -0.4 is 5.32 Å². The Kier molecular flexibility index (Phi) is 5.39. The first-order valence-corrected chi connectivity index (χ1v) is 7.96. The molecule has 0 saturated heterocycles. The van der Waals surface area contributed by atoms with Crippen LogP contribution in [0.15, 0.2) is 42.6 Å². The molecule has 1 heterocycles. The fraction of sp³-hybridized carbons (Fsp3) is 0.389. The molecule has 0 saturated carbocycles. The van der Waals surface area contributed by atoms with Gasteiger partial charge in [-0.05, 0) is 31.9 Å². The lowest BCUT2D eigenvalue weighted by Gasteiger charge is -2.31. The molecular formula is C18H23N3O3. The molecule has 0 aliphatic carbocycles. The third kappa shape index (κ3) is 3.32. The minimum Gasteiger partial charge on any atom is -0.467 e. The normalized spacial score (nSPS) is 13.4. The number of benzene rings is 1. The maximum atomic E-state index is 12.7. The number of aromatic nitrogens is 2. The van der Waals surface area contributed by atoms with Crippen molar-refractivity contribution < 1.29 is 14.3 Å². The Morgan fingerprint density at radius 3 is 2.42 bits per heavy atom. The predicted octanol–water partition coefficient (Wildman–Crippen LogP) is 2.67. The maximum absolute atomic E-state index is 12.7. The summed E-state index contributed by atoms with van der Waals surface area (Å²) < 4.78 is 6.66. The van der Waals surface area contributed by atoms with Crippen LogP contribution in [0.4, 0.5) is 0 Å². The fourth-order valence-corrected chi connectivity index (χ4v) is 2.58. The third-order valence-corrected chi connectivity index (χ3v) is 4.03. The summed E-state index contributed by atoms with van der Waals surface area (Å²) in [6.45, 7) is 5.78. The van der Waals surface area contributed by atoms with Crippen molar-refractivity contribution in [3.8, 4) is 0 Å². The summed E-state index contributed by atoms with van der Waals surface area (Å²) >= 11 is 0. The van der Waals surface area contributed by atoms with E-state index in [-0.39, 0.29) is 11.7 Å². The summed E-state index contributed by atoms with van der Waals surface area (Å²) in [4.78, 5) is 25.1. The number of carbonyl (C=O) groups is 2. The Bertz CT molecular complexity index is 709. The molecular weight excluding hydrogens is 306 g/mol. The van der Waals surface area contributed by atoms with E-state index in [4.69, 9.17) is 4.74 Å². The Balaban J connectivity index is 2.37. The minimum atomic E-state index is -1.24. The van der Waals surface area contributed by atoms with E-state index in [2.05, 4.69) is 10.4 Å². The van der Waals surface area contributed by atoms with Gasteiger partial charge in [-0.2, -0.15) is 5.10 Å². The summed E-state index contributed by atoms with van der Waals surface area (Å²) in [7, 11) is 1.31. The molecule has 2 aromatic rings. The van der Waals surface area contributed by atoms with Crippen molar-refractivity contribution in [1.82, 2.24) is 15.1 Å². The van der Waals surface area contributed by atoms with Gasteiger partial charge in [0.05, 0.1) is 7.11 Å². The quantitative estimate of drug-likeness (QED) is 0.827. The highest BCUT2D eigenvalue weighted by Gasteiger charge is 2.41. The second-order valence-electron chi connectivity index (χ2n) is 5.85. The highest BCUT2D eigenvalue weighted by atomic mass is 16.5. The number of nitrogens with one attached hydrogen (secondary N) is 1. The Morgan fingerprint density at radius 1 is 1.25 bits per heavy atom. The molecule has 1 aromatic heterocycles. The van der Waals surface area contributed by atoms with Crippen LogP contribution in [-0.2, 0) is 15.1 Å². The number of esters is 1. The van der Waals surface area contributed by atoms with Gasteiger partial charge in [0.15, 0.2) is 5.54 Å². The molecule has 0 aliphatic rings. The number of hydrogen-bond donors (Lipinski definition) is 1. The SMILES string of the molecule is CCC(NC(=O)c1ccn(C(C)C)n1)(C(=O)OC)c1ccccc1. The molecule has 6 nitrogen and oxygen atoms in total. The summed E-state index contributed by atoms with van der Waals surface area (Å²) in [5, 5.41) is 7.09. The van der Waals surface area contributed by atoms with Gasteiger partial charge in [0.25, 0.3) is 5.91 Å². The first kappa shape index (κ1) is 17.7. The molecule has 0 spiro atoms. The van der Waals surface area contributed by atoms with E-state index in [1.807, 2.05) is 39.0 Å². The maximum Gasteiger partial charge on any atom is 0.336 e. The van der Waals surface area contributed by atoms with Crippen LogP contribution in [-0.4, -0.2) is 28.8 Å². The van der Waals surface area contributed by atoms with Gasteiger partial charge in [0.2, 0.25) is 0 Å². The van der Waals surface area contributed by atoms with Crippen molar-refractivity contribution in [2.75, 3.05) is 7.11 Å². The Labute approximate surface area is 141 Å².